The minimum atomic E-state index is -0.509. The molecule has 1 aromatic carbocycles. The first-order chi connectivity index (χ1) is 6.24. The third kappa shape index (κ3) is 4.48. The molecule has 0 N–H and O–H groups in total. The fraction of sp³-hybridized carbons (Fsp3) is 0.125. The second-order valence-corrected chi connectivity index (χ2v) is 1.91. The molecule has 0 heterocycles. The van der Waals surface area contributed by atoms with Gasteiger partial charge in [-0.1, -0.05) is 5.56 Å². The molecular formula is C8H6BrFO2Zn. The van der Waals surface area contributed by atoms with Crippen LogP contribution in [-0.2, 0) is 21.1 Å². The average molecular weight is 298 g/mol. The molecule has 0 aromatic heterocycles. The second kappa shape index (κ2) is 7.16. The van der Waals surface area contributed by atoms with Crippen molar-refractivity contribution >= 4 is 19.6 Å². The summed E-state index contributed by atoms with van der Waals surface area (Å²) < 4.78 is 16.7. The number of rotatable bonds is 1. The summed E-state index contributed by atoms with van der Waals surface area (Å²) in [6.45, 7) is 0. The molecule has 66 valence electrons. The third-order valence-corrected chi connectivity index (χ3v) is 1.18. The van der Waals surface area contributed by atoms with Gasteiger partial charge in [-0.25, -0.2) is 0 Å². The Morgan fingerprint density at radius 3 is 2.62 bits per heavy atom. The van der Waals surface area contributed by atoms with Gasteiger partial charge in [0.25, 0.3) is 0 Å². The van der Waals surface area contributed by atoms with Gasteiger partial charge in [0.2, 0.25) is 5.97 Å². The third-order valence-electron chi connectivity index (χ3n) is 1.18. The molecule has 0 spiro atoms. The number of ether oxygens (including phenoxy) is 1. The summed E-state index contributed by atoms with van der Waals surface area (Å²) in [5, 5.41) is 0. The van der Waals surface area contributed by atoms with Crippen molar-refractivity contribution in [3.63, 3.8) is 0 Å². The number of carbonyl (C=O) groups is 1. The molecule has 0 aliphatic heterocycles. The first-order valence-corrected chi connectivity index (χ1v) is 10.2. The van der Waals surface area contributed by atoms with Gasteiger partial charge in [-0.3, -0.25) is 4.39 Å². The number of esters is 1. The number of carbonyl (C=O) groups excluding carboxylic acids is 1. The van der Waals surface area contributed by atoms with Crippen molar-refractivity contribution in [1.82, 2.24) is 0 Å². The molecule has 1 aromatic rings. The number of hydrogen-bond donors (Lipinski definition) is 0. The normalized spacial score (nSPS) is 8.38. The Balaban J connectivity index is 0.000000671. The van der Waals surface area contributed by atoms with Gasteiger partial charge in [0.15, 0.2) is 0 Å². The monoisotopic (exact) mass is 296 g/mol. The van der Waals surface area contributed by atoms with Crippen LogP contribution >= 0.6 is 13.6 Å². The topological polar surface area (TPSA) is 26.3 Å². The Labute approximate surface area is 92.5 Å². The van der Waals surface area contributed by atoms with E-state index in [4.69, 9.17) is 0 Å². The van der Waals surface area contributed by atoms with Crippen molar-refractivity contribution < 1.29 is 30.3 Å². The van der Waals surface area contributed by atoms with E-state index in [1.54, 1.807) is 0 Å². The quantitative estimate of drug-likeness (QED) is 0.452. The first kappa shape index (κ1) is 12.7. The fourth-order valence-electron chi connectivity index (χ4n) is 0.643. The van der Waals surface area contributed by atoms with Gasteiger partial charge in [-0.2, -0.15) is 0 Å². The van der Waals surface area contributed by atoms with Gasteiger partial charge < -0.3 is 9.53 Å². The van der Waals surface area contributed by atoms with Crippen LogP contribution in [0.4, 0.5) is 4.39 Å². The molecule has 0 bridgehead atoms. The zero-order valence-electron chi connectivity index (χ0n) is 7.01. The molecule has 0 aliphatic rings. The Morgan fingerprint density at radius 1 is 1.62 bits per heavy atom. The summed E-state index contributed by atoms with van der Waals surface area (Å²) in [5.41, 5.74) is 0.230. The maximum atomic E-state index is 12.3. The summed E-state index contributed by atoms with van der Waals surface area (Å²) in [6, 6.07) is 6.03. The molecule has 0 aliphatic carbocycles. The van der Waals surface area contributed by atoms with Crippen LogP contribution < -0.4 is 0 Å². The van der Waals surface area contributed by atoms with Gasteiger partial charge in [0.1, 0.15) is 0 Å². The van der Waals surface area contributed by atoms with Gasteiger partial charge in [0, 0.05) is 5.82 Å². The molecule has 1 rings (SSSR count). The van der Waals surface area contributed by atoms with Crippen LogP contribution in [0.1, 0.15) is 10.4 Å². The van der Waals surface area contributed by atoms with Crippen LogP contribution in [0, 0.1) is 11.9 Å². The SMILES string of the molecule is COC(=O)c1[c-]cc(F)cc1.[Zn+][Br]. The predicted octanol–water partition coefficient (Wildman–Crippen LogP) is 2.26. The Morgan fingerprint density at radius 2 is 2.23 bits per heavy atom. The molecule has 0 saturated carbocycles. The van der Waals surface area contributed by atoms with Crippen LogP contribution in [0.25, 0.3) is 0 Å². The predicted molar refractivity (Wildman–Crippen MR) is 45.5 cm³/mol. The molecule has 0 fully saturated rings. The molecule has 5 heteroatoms. The van der Waals surface area contributed by atoms with E-state index in [-0.39, 0.29) is 5.56 Å². The van der Waals surface area contributed by atoms with Crippen LogP contribution in [0.5, 0.6) is 0 Å². The summed E-state index contributed by atoms with van der Waals surface area (Å²) in [4.78, 5) is 10.7. The van der Waals surface area contributed by atoms with E-state index in [0.29, 0.717) is 0 Å². The molecule has 13 heavy (non-hydrogen) atoms. The van der Waals surface area contributed by atoms with E-state index in [0.717, 1.165) is 6.07 Å². The van der Waals surface area contributed by atoms with Crippen molar-refractivity contribution in [1.29, 1.82) is 0 Å². The maximum absolute atomic E-state index is 12.3. The first-order valence-electron chi connectivity index (χ1n) is 3.26. The molecule has 0 atom stereocenters. The molecule has 0 saturated heterocycles. The Kier molecular flexibility index (Phi) is 7.01. The van der Waals surface area contributed by atoms with E-state index < -0.39 is 11.8 Å². The molecule has 0 radical (unpaired) electrons. The molecule has 0 unspecified atom stereocenters. The summed E-state index contributed by atoms with van der Waals surface area (Å²) in [5.74, 6) is -0.928. The molecule has 0 amide bonds. The van der Waals surface area contributed by atoms with Gasteiger partial charge in [-0.05, 0) is 0 Å². The Bertz CT molecular complexity index is 263. The van der Waals surface area contributed by atoms with Crippen LogP contribution in [0.2, 0.25) is 0 Å². The summed E-state index contributed by atoms with van der Waals surface area (Å²) in [6.07, 6.45) is 0. The van der Waals surface area contributed by atoms with E-state index in [2.05, 4.69) is 24.4 Å². The van der Waals surface area contributed by atoms with Crippen molar-refractivity contribution in [3.05, 3.63) is 35.6 Å². The number of benzene rings is 1. The number of halogens is 2. The number of methoxy groups -OCH3 is 1. The van der Waals surface area contributed by atoms with Gasteiger partial charge in [-0.15, -0.1) is 24.3 Å². The van der Waals surface area contributed by atoms with Crippen molar-refractivity contribution in [3.8, 4) is 0 Å². The van der Waals surface area contributed by atoms with Crippen LogP contribution in [-0.4, -0.2) is 13.1 Å². The zero-order valence-corrected chi connectivity index (χ0v) is 11.6. The fourth-order valence-corrected chi connectivity index (χ4v) is 0.643. The zero-order chi connectivity index (χ0) is 10.3. The average Bonchev–Trinajstić information content (AvgIpc) is 2.21. The van der Waals surface area contributed by atoms with E-state index in [1.807, 2.05) is 0 Å². The van der Waals surface area contributed by atoms with Gasteiger partial charge >= 0.3 is 30.0 Å². The summed E-state index contributed by atoms with van der Waals surface area (Å²) in [7, 11) is 1.26. The summed E-state index contributed by atoms with van der Waals surface area (Å²) >= 11 is 4.25. The van der Waals surface area contributed by atoms with E-state index in [1.165, 1.54) is 35.6 Å². The van der Waals surface area contributed by atoms with Crippen LogP contribution in [0.3, 0.4) is 0 Å². The van der Waals surface area contributed by atoms with Crippen molar-refractivity contribution in [2.75, 3.05) is 7.11 Å². The van der Waals surface area contributed by atoms with Gasteiger partial charge in [0.05, 0.1) is 7.11 Å². The number of hydrogen-bond acceptors (Lipinski definition) is 2. The Hall–Kier alpha value is -0.277. The van der Waals surface area contributed by atoms with E-state index in [9.17, 15) is 9.18 Å². The van der Waals surface area contributed by atoms with Crippen molar-refractivity contribution in [2.45, 2.75) is 0 Å². The second-order valence-electron chi connectivity index (χ2n) is 1.91. The molecular weight excluding hydrogens is 292 g/mol. The van der Waals surface area contributed by atoms with E-state index >= 15 is 0 Å². The van der Waals surface area contributed by atoms with Crippen molar-refractivity contribution in [2.24, 2.45) is 0 Å². The minimum absolute atomic E-state index is 0.230. The molecule has 2 nitrogen and oxygen atoms in total. The van der Waals surface area contributed by atoms with Crippen LogP contribution in [0.15, 0.2) is 18.2 Å². The standard InChI is InChI=1S/C8H6FO2.BrH.Zn/c1-11-8(10)6-2-4-7(9)5-3-6;;/h2,4-5H,1H3;1H;/q-1;;+2/p-1.